The molecular formula is C11H20O. The number of aliphatic hydroxyl groups excluding tert-OH is 1. The van der Waals surface area contributed by atoms with E-state index in [0.29, 0.717) is 5.41 Å². The van der Waals surface area contributed by atoms with E-state index in [0.717, 1.165) is 18.8 Å². The molecule has 0 aromatic heterocycles. The van der Waals surface area contributed by atoms with Gasteiger partial charge in [-0.25, -0.2) is 0 Å². The first-order valence-corrected chi connectivity index (χ1v) is 5.41. The van der Waals surface area contributed by atoms with E-state index in [1.165, 1.54) is 32.1 Å². The van der Waals surface area contributed by atoms with Gasteiger partial charge in [-0.2, -0.15) is 0 Å². The minimum atomic E-state index is 0.0121. The van der Waals surface area contributed by atoms with Crippen molar-refractivity contribution < 1.29 is 5.11 Å². The molecule has 2 saturated carbocycles. The third kappa shape index (κ3) is 1.28. The first kappa shape index (κ1) is 8.55. The summed E-state index contributed by atoms with van der Waals surface area (Å²) in [6, 6.07) is 0. The third-order valence-corrected chi connectivity index (χ3v) is 4.16. The standard InChI is InChI=1S/C11H20O/c1-9-7-10(12)8-11(9)5-3-2-4-6-11/h9-10,12H,2-8H2,1H3/t9-,10+/m1/s1. The fraction of sp³-hybridized carbons (Fsp3) is 1.00. The maximum absolute atomic E-state index is 9.62. The third-order valence-electron chi connectivity index (χ3n) is 4.16. The monoisotopic (exact) mass is 168 g/mol. The minimum absolute atomic E-state index is 0.0121. The lowest BCUT2D eigenvalue weighted by Crippen LogP contribution is -2.26. The Kier molecular flexibility index (Phi) is 2.16. The molecule has 12 heavy (non-hydrogen) atoms. The highest BCUT2D eigenvalue weighted by atomic mass is 16.3. The molecule has 0 amide bonds. The van der Waals surface area contributed by atoms with E-state index >= 15 is 0 Å². The molecule has 1 nitrogen and oxygen atoms in total. The van der Waals surface area contributed by atoms with E-state index < -0.39 is 0 Å². The van der Waals surface area contributed by atoms with Gasteiger partial charge in [0, 0.05) is 0 Å². The number of rotatable bonds is 0. The molecule has 0 aromatic rings. The molecular weight excluding hydrogens is 148 g/mol. The Balaban J connectivity index is 2.08. The van der Waals surface area contributed by atoms with Crippen LogP contribution in [-0.2, 0) is 0 Å². The zero-order chi connectivity index (χ0) is 8.60. The van der Waals surface area contributed by atoms with Gasteiger partial charge in [0.2, 0.25) is 0 Å². The minimum Gasteiger partial charge on any atom is -0.393 e. The van der Waals surface area contributed by atoms with E-state index in [1.54, 1.807) is 0 Å². The second-order valence-corrected chi connectivity index (χ2v) is 4.92. The fourth-order valence-electron chi connectivity index (χ4n) is 3.36. The zero-order valence-electron chi connectivity index (χ0n) is 8.05. The predicted molar refractivity (Wildman–Crippen MR) is 49.9 cm³/mol. The average Bonchev–Trinajstić information content (AvgIpc) is 2.29. The Labute approximate surface area is 75.2 Å². The zero-order valence-corrected chi connectivity index (χ0v) is 8.05. The van der Waals surface area contributed by atoms with Crippen molar-refractivity contribution in [3.8, 4) is 0 Å². The smallest absolute Gasteiger partial charge is 0.0548 e. The summed E-state index contributed by atoms with van der Waals surface area (Å²) in [7, 11) is 0. The van der Waals surface area contributed by atoms with Gasteiger partial charge in [-0.15, -0.1) is 0 Å². The molecule has 1 N–H and O–H groups in total. The molecule has 1 heteroatoms. The number of hydrogen-bond donors (Lipinski definition) is 1. The van der Waals surface area contributed by atoms with E-state index in [9.17, 15) is 5.11 Å². The lowest BCUT2D eigenvalue weighted by Gasteiger charge is -2.37. The largest absolute Gasteiger partial charge is 0.393 e. The topological polar surface area (TPSA) is 20.2 Å². The van der Waals surface area contributed by atoms with Crippen molar-refractivity contribution >= 4 is 0 Å². The van der Waals surface area contributed by atoms with Gasteiger partial charge in [0.25, 0.3) is 0 Å². The summed E-state index contributed by atoms with van der Waals surface area (Å²) in [5.74, 6) is 0.771. The van der Waals surface area contributed by atoms with Crippen LogP contribution in [0.5, 0.6) is 0 Å². The first-order chi connectivity index (χ1) is 5.73. The van der Waals surface area contributed by atoms with Crippen molar-refractivity contribution in [2.24, 2.45) is 11.3 Å². The Morgan fingerprint density at radius 1 is 1.17 bits per heavy atom. The van der Waals surface area contributed by atoms with Gasteiger partial charge >= 0.3 is 0 Å². The van der Waals surface area contributed by atoms with Crippen LogP contribution < -0.4 is 0 Å². The van der Waals surface area contributed by atoms with E-state index in [4.69, 9.17) is 0 Å². The second-order valence-electron chi connectivity index (χ2n) is 4.92. The summed E-state index contributed by atoms with van der Waals surface area (Å²) in [5, 5.41) is 9.62. The molecule has 0 unspecified atom stereocenters. The predicted octanol–water partition coefficient (Wildman–Crippen LogP) is 2.73. The maximum atomic E-state index is 9.62. The summed E-state index contributed by atoms with van der Waals surface area (Å²) in [4.78, 5) is 0. The molecule has 2 atom stereocenters. The van der Waals surface area contributed by atoms with Gasteiger partial charge < -0.3 is 5.11 Å². The summed E-state index contributed by atoms with van der Waals surface area (Å²) >= 11 is 0. The van der Waals surface area contributed by atoms with Crippen molar-refractivity contribution in [1.82, 2.24) is 0 Å². The van der Waals surface area contributed by atoms with Crippen molar-refractivity contribution in [2.45, 2.75) is 58.0 Å². The Morgan fingerprint density at radius 2 is 1.83 bits per heavy atom. The number of aliphatic hydroxyl groups is 1. The summed E-state index contributed by atoms with van der Waals surface area (Å²) < 4.78 is 0. The van der Waals surface area contributed by atoms with Crippen LogP contribution in [0.1, 0.15) is 51.9 Å². The highest BCUT2D eigenvalue weighted by Gasteiger charge is 2.44. The second kappa shape index (κ2) is 3.02. The molecule has 2 fully saturated rings. The fourth-order valence-corrected chi connectivity index (χ4v) is 3.36. The molecule has 1 spiro atoms. The number of hydrogen-bond acceptors (Lipinski definition) is 1. The van der Waals surface area contributed by atoms with Crippen LogP contribution in [0.3, 0.4) is 0 Å². The Morgan fingerprint density at radius 3 is 2.33 bits per heavy atom. The van der Waals surface area contributed by atoms with Crippen LogP contribution in [0.4, 0.5) is 0 Å². The molecule has 0 heterocycles. The van der Waals surface area contributed by atoms with Crippen molar-refractivity contribution in [2.75, 3.05) is 0 Å². The molecule has 70 valence electrons. The summed E-state index contributed by atoms with van der Waals surface area (Å²) in [6.45, 7) is 2.33. The molecule has 2 aliphatic rings. The van der Waals surface area contributed by atoms with Crippen molar-refractivity contribution in [3.05, 3.63) is 0 Å². The van der Waals surface area contributed by atoms with Crippen LogP contribution in [0.15, 0.2) is 0 Å². The van der Waals surface area contributed by atoms with Crippen molar-refractivity contribution in [3.63, 3.8) is 0 Å². The van der Waals surface area contributed by atoms with Crippen LogP contribution in [-0.4, -0.2) is 11.2 Å². The van der Waals surface area contributed by atoms with Crippen molar-refractivity contribution in [1.29, 1.82) is 0 Å². The molecule has 0 aromatic carbocycles. The van der Waals surface area contributed by atoms with Gasteiger partial charge in [-0.3, -0.25) is 0 Å². The van der Waals surface area contributed by atoms with Crippen LogP contribution in [0.25, 0.3) is 0 Å². The van der Waals surface area contributed by atoms with E-state index in [2.05, 4.69) is 6.92 Å². The van der Waals surface area contributed by atoms with E-state index in [1.807, 2.05) is 0 Å². The lowest BCUT2D eigenvalue weighted by molar-refractivity contribution is 0.117. The van der Waals surface area contributed by atoms with Crippen LogP contribution in [0.2, 0.25) is 0 Å². The van der Waals surface area contributed by atoms with Gasteiger partial charge in [0.15, 0.2) is 0 Å². The normalized spacial score (nSPS) is 40.5. The van der Waals surface area contributed by atoms with E-state index in [-0.39, 0.29) is 6.10 Å². The highest BCUT2D eigenvalue weighted by molar-refractivity contribution is 4.95. The lowest BCUT2D eigenvalue weighted by atomic mass is 9.68. The average molecular weight is 168 g/mol. The molecule has 2 aliphatic carbocycles. The maximum Gasteiger partial charge on any atom is 0.0548 e. The molecule has 0 radical (unpaired) electrons. The quantitative estimate of drug-likeness (QED) is 0.589. The van der Waals surface area contributed by atoms with Gasteiger partial charge in [-0.1, -0.05) is 26.2 Å². The molecule has 0 aliphatic heterocycles. The summed E-state index contributed by atoms with van der Waals surface area (Å²) in [5.41, 5.74) is 0.553. The van der Waals surface area contributed by atoms with Gasteiger partial charge in [0.1, 0.15) is 0 Å². The van der Waals surface area contributed by atoms with Gasteiger partial charge in [0.05, 0.1) is 6.10 Å². The first-order valence-electron chi connectivity index (χ1n) is 5.41. The highest BCUT2D eigenvalue weighted by Crippen LogP contribution is 2.52. The molecule has 0 bridgehead atoms. The van der Waals surface area contributed by atoms with Gasteiger partial charge in [-0.05, 0) is 37.0 Å². The Bertz CT molecular complexity index is 158. The molecule has 2 rings (SSSR count). The van der Waals surface area contributed by atoms with Crippen LogP contribution >= 0.6 is 0 Å². The Hall–Kier alpha value is -0.0400. The molecule has 0 saturated heterocycles. The SMILES string of the molecule is C[C@@H]1C[C@H](O)CC12CCCCC2. The van der Waals surface area contributed by atoms with Crippen LogP contribution in [0, 0.1) is 11.3 Å². The summed E-state index contributed by atoms with van der Waals surface area (Å²) in [6.07, 6.45) is 9.14.